The van der Waals surface area contributed by atoms with Gasteiger partial charge in [0.25, 0.3) is 0 Å². The van der Waals surface area contributed by atoms with E-state index in [4.69, 9.17) is 19.6 Å². The molecule has 0 amide bonds. The third-order valence-electron chi connectivity index (χ3n) is 0.421. The van der Waals surface area contributed by atoms with Crippen molar-refractivity contribution in [2.75, 3.05) is 5.12 Å². The zero-order valence-electron chi connectivity index (χ0n) is 4.99. The van der Waals surface area contributed by atoms with Gasteiger partial charge in [0.2, 0.25) is 0 Å². The van der Waals surface area contributed by atoms with Crippen LogP contribution >= 0.6 is 13.7 Å². The zero-order valence-corrected chi connectivity index (χ0v) is 8.64. The van der Waals surface area contributed by atoms with Gasteiger partial charge in [-0.3, -0.25) is 0 Å². The SMILES string of the molecule is O=P(O)(O)O[CH2][Tc][P](=O)(O)O. The van der Waals surface area contributed by atoms with E-state index in [0.717, 1.165) is 0 Å². The summed E-state index contributed by atoms with van der Waals surface area (Å²) in [6.07, 6.45) is 0. The molecule has 0 saturated heterocycles. The van der Waals surface area contributed by atoms with Crippen LogP contribution in [0.5, 0.6) is 0 Å². The predicted molar refractivity (Wildman–Crippen MR) is 30.0 cm³/mol. The van der Waals surface area contributed by atoms with Crippen LogP contribution in [0.1, 0.15) is 0 Å². The summed E-state index contributed by atoms with van der Waals surface area (Å²) in [5, 5.41) is -0.548. The average Bonchev–Trinajstić information content (AvgIpc) is 1.55. The molecular formula is CH6O7P2Tc. The third kappa shape index (κ3) is 10.9. The van der Waals surface area contributed by atoms with Crippen molar-refractivity contribution in [1.29, 1.82) is 0 Å². The second kappa shape index (κ2) is 4.23. The number of rotatable bonds is 4. The molecule has 0 aliphatic rings. The molecule has 0 unspecified atom stereocenters. The van der Waals surface area contributed by atoms with Gasteiger partial charge in [-0.25, -0.2) is 0 Å². The van der Waals surface area contributed by atoms with E-state index >= 15 is 0 Å². The van der Waals surface area contributed by atoms with Crippen molar-refractivity contribution >= 4 is 13.7 Å². The van der Waals surface area contributed by atoms with Crippen molar-refractivity contribution in [3.8, 4) is 0 Å². The van der Waals surface area contributed by atoms with E-state index < -0.39 is 36.0 Å². The first-order valence-electron chi connectivity index (χ1n) is 2.07. The first kappa shape index (κ1) is 11.9. The molecule has 0 aliphatic heterocycles. The Balaban J connectivity index is 3.61. The summed E-state index contributed by atoms with van der Waals surface area (Å²) < 4.78 is 23.9. The van der Waals surface area contributed by atoms with Crippen molar-refractivity contribution in [1.82, 2.24) is 0 Å². The molecule has 0 aromatic rings. The molecule has 0 saturated carbocycles. The van der Waals surface area contributed by atoms with E-state index in [0.29, 0.717) is 0 Å². The van der Waals surface area contributed by atoms with Crippen LogP contribution in [0.2, 0.25) is 0 Å². The fourth-order valence-electron chi connectivity index (χ4n) is 0.149. The molecule has 0 heterocycles. The van der Waals surface area contributed by atoms with Crippen LogP contribution in [0.15, 0.2) is 0 Å². The second-order valence-corrected chi connectivity index (χ2v) is 9.29. The normalized spacial score (nSPS) is 13.5. The summed E-state index contributed by atoms with van der Waals surface area (Å²) in [7, 11) is -4.57. The van der Waals surface area contributed by atoms with Gasteiger partial charge >= 0.3 is 69.2 Å². The number of hydrogen-bond acceptors (Lipinski definition) is 3. The Kier molecular flexibility index (Phi) is 4.58. The molecule has 0 bridgehead atoms. The fraction of sp³-hybridized carbons (Fsp3) is 1.00. The van der Waals surface area contributed by atoms with Crippen molar-refractivity contribution in [3.63, 3.8) is 0 Å². The van der Waals surface area contributed by atoms with E-state index in [1.165, 1.54) is 0 Å². The third-order valence-corrected chi connectivity index (χ3v) is 5.00. The Morgan fingerprint density at radius 2 is 1.64 bits per heavy atom. The van der Waals surface area contributed by atoms with E-state index in [-0.39, 0.29) is 0 Å². The zero-order chi connectivity index (χ0) is 9.12. The molecule has 4 N–H and O–H groups in total. The van der Waals surface area contributed by atoms with E-state index in [2.05, 4.69) is 4.52 Å². The summed E-state index contributed by atoms with van der Waals surface area (Å²) in [6, 6.07) is 0. The van der Waals surface area contributed by atoms with Crippen LogP contribution in [0.4, 0.5) is 0 Å². The Bertz CT molecular complexity index is 178. The summed E-state index contributed by atoms with van der Waals surface area (Å²) >= 11 is -1.63. The maximum atomic E-state index is 10.1. The molecule has 7 nitrogen and oxygen atoms in total. The van der Waals surface area contributed by atoms with Gasteiger partial charge in [0.05, 0.1) is 0 Å². The summed E-state index contributed by atoms with van der Waals surface area (Å²) in [5.41, 5.74) is 0. The first-order chi connectivity index (χ1) is 4.71. The van der Waals surface area contributed by atoms with Gasteiger partial charge in [0.1, 0.15) is 0 Å². The predicted octanol–water partition coefficient (Wildman–Crippen LogP) is -0.772. The second-order valence-electron chi connectivity index (χ2n) is 1.32. The van der Waals surface area contributed by atoms with Gasteiger partial charge in [-0.2, -0.15) is 0 Å². The number of phosphoric ester groups is 1. The molecule has 69 valence electrons. The topological polar surface area (TPSA) is 124 Å². The minimum absolute atomic E-state index is 0.548. The van der Waals surface area contributed by atoms with Crippen LogP contribution in [-0.4, -0.2) is 24.7 Å². The molecule has 11 heavy (non-hydrogen) atoms. The molecule has 0 aromatic carbocycles. The van der Waals surface area contributed by atoms with Gasteiger partial charge in [-0.05, 0) is 0 Å². The van der Waals surface area contributed by atoms with E-state index in [1.807, 2.05) is 0 Å². The van der Waals surface area contributed by atoms with Crippen molar-refractivity contribution in [3.05, 3.63) is 0 Å². The van der Waals surface area contributed by atoms with Crippen molar-refractivity contribution < 1.29 is 50.4 Å². The van der Waals surface area contributed by atoms with E-state index in [9.17, 15) is 9.13 Å². The quantitative estimate of drug-likeness (QED) is 0.501. The molecule has 0 aromatic heterocycles. The van der Waals surface area contributed by atoms with Gasteiger partial charge in [0.15, 0.2) is 0 Å². The number of phosphoric acid groups is 1. The van der Waals surface area contributed by atoms with Crippen LogP contribution in [0.25, 0.3) is 0 Å². The molecule has 0 radical (unpaired) electrons. The monoisotopic (exact) mass is 289 g/mol. The van der Waals surface area contributed by atoms with Crippen LogP contribution < -0.4 is 0 Å². The van der Waals surface area contributed by atoms with Gasteiger partial charge in [0, 0.05) is 0 Å². The van der Waals surface area contributed by atoms with Crippen molar-refractivity contribution in [2.45, 2.75) is 0 Å². The Morgan fingerprint density at radius 3 is 1.91 bits per heavy atom. The maximum absolute atomic E-state index is 10.1. The summed E-state index contributed by atoms with van der Waals surface area (Å²) in [4.78, 5) is 32.6. The first-order valence-corrected chi connectivity index (χ1v) is 8.91. The Labute approximate surface area is 69.6 Å². The average molecular weight is 290 g/mol. The van der Waals surface area contributed by atoms with Gasteiger partial charge in [-0.1, -0.05) is 0 Å². The summed E-state index contributed by atoms with van der Waals surface area (Å²) in [6.45, 7) is 0. The number of hydrogen-bond donors (Lipinski definition) is 4. The molecular weight excluding hydrogens is 284 g/mol. The molecule has 0 fully saturated rings. The van der Waals surface area contributed by atoms with Gasteiger partial charge in [-0.15, -0.1) is 0 Å². The van der Waals surface area contributed by atoms with Gasteiger partial charge < -0.3 is 0 Å². The molecule has 0 atom stereocenters. The fourth-order valence-corrected chi connectivity index (χ4v) is 3.42. The molecule has 0 aliphatic carbocycles. The van der Waals surface area contributed by atoms with Crippen LogP contribution in [0.3, 0.4) is 0 Å². The van der Waals surface area contributed by atoms with Crippen LogP contribution in [-0.2, 0) is 30.9 Å². The Hall–Kier alpha value is 0.909. The van der Waals surface area contributed by atoms with E-state index in [1.54, 1.807) is 0 Å². The van der Waals surface area contributed by atoms with Crippen LogP contribution in [0, 0.1) is 0 Å². The molecule has 0 rings (SSSR count). The Morgan fingerprint density at radius 1 is 1.18 bits per heavy atom. The van der Waals surface area contributed by atoms with Crippen molar-refractivity contribution in [2.24, 2.45) is 0 Å². The molecule has 10 heteroatoms. The minimum atomic E-state index is -4.57. The molecule has 0 spiro atoms. The summed E-state index contributed by atoms with van der Waals surface area (Å²) in [5.74, 6) is -4.11. The standard InChI is InChI=1S/CH4O4P.HO3P.Tc/c1-5-6(2,3)4;1-4(2)3;/h1H2,(H2,2,3,4);(H-,1,2,3);/q;;-1/p+1.